The predicted molar refractivity (Wildman–Crippen MR) is 91.1 cm³/mol. The van der Waals surface area contributed by atoms with E-state index in [1.165, 1.54) is 10.4 Å². The van der Waals surface area contributed by atoms with Crippen LogP contribution in [0.3, 0.4) is 0 Å². The van der Waals surface area contributed by atoms with E-state index < -0.39 is 8.07 Å². The molecule has 0 aromatic heterocycles. The summed E-state index contributed by atoms with van der Waals surface area (Å²) in [6.45, 7) is 4.43. The number of carbonyl (C=O) groups is 1. The maximum Gasteiger partial charge on any atom is 0.192 e. The first-order valence-electron chi connectivity index (χ1n) is 7.38. The molecule has 0 unspecified atom stereocenters. The molecule has 0 radical (unpaired) electrons. The summed E-state index contributed by atoms with van der Waals surface area (Å²) in [7, 11) is -1.96. The second kappa shape index (κ2) is 4.74. The zero-order valence-electron chi connectivity index (χ0n) is 12.4. The molecular weight excluding hydrogens is 276 g/mol. The van der Waals surface area contributed by atoms with Crippen molar-refractivity contribution in [3.63, 3.8) is 0 Å². The molecule has 0 saturated carbocycles. The van der Waals surface area contributed by atoms with E-state index >= 15 is 0 Å². The lowest BCUT2D eigenvalue weighted by Gasteiger charge is -2.37. The van der Waals surface area contributed by atoms with Crippen LogP contribution < -0.4 is 21.8 Å². The molecule has 2 aromatic carbocycles. The van der Waals surface area contributed by atoms with Gasteiger partial charge in [-0.1, -0.05) is 25.9 Å². The molecule has 0 bridgehead atoms. The van der Waals surface area contributed by atoms with E-state index in [4.69, 9.17) is 11.5 Å². The Morgan fingerprint density at radius 2 is 1.29 bits per heavy atom. The Morgan fingerprint density at radius 3 is 1.67 bits per heavy atom. The Balaban J connectivity index is 2.40. The summed E-state index contributed by atoms with van der Waals surface area (Å²) in [5, 5.41) is 2.35. The molecule has 4 N–H and O–H groups in total. The number of benzene rings is 2. The van der Waals surface area contributed by atoms with E-state index in [1.54, 1.807) is 0 Å². The van der Waals surface area contributed by atoms with Gasteiger partial charge in [0.2, 0.25) is 0 Å². The molecule has 0 fully saturated rings. The lowest BCUT2D eigenvalue weighted by molar-refractivity contribution is 0.104. The summed E-state index contributed by atoms with van der Waals surface area (Å²) in [5.74, 6) is 0.102. The fourth-order valence-electron chi connectivity index (χ4n) is 3.61. The van der Waals surface area contributed by atoms with Crippen LogP contribution in [0.25, 0.3) is 0 Å². The lowest BCUT2D eigenvalue weighted by Crippen LogP contribution is -2.63. The summed E-state index contributed by atoms with van der Waals surface area (Å²) in [6, 6.07) is 13.5. The van der Waals surface area contributed by atoms with Crippen LogP contribution in [0, 0.1) is 0 Å². The molecule has 0 spiro atoms. The van der Waals surface area contributed by atoms with Crippen LogP contribution in [0.1, 0.15) is 29.8 Å². The smallest absolute Gasteiger partial charge is 0.192 e. The summed E-state index contributed by atoms with van der Waals surface area (Å²) >= 11 is 0. The SMILES string of the molecule is CC[Si]1(CC)c2cc(N)ccc2C(=O)c2ccc(N)cc21. The summed E-state index contributed by atoms with van der Waals surface area (Å²) in [5.41, 5.74) is 15.1. The third kappa shape index (κ3) is 1.82. The third-order valence-electron chi connectivity index (χ3n) is 4.81. The molecule has 2 aromatic rings. The number of hydrogen-bond donors (Lipinski definition) is 2. The highest BCUT2D eigenvalue weighted by molar-refractivity contribution is 7.04. The highest BCUT2D eigenvalue weighted by Crippen LogP contribution is 2.27. The van der Waals surface area contributed by atoms with Crippen molar-refractivity contribution in [1.29, 1.82) is 0 Å². The number of ketones is 1. The van der Waals surface area contributed by atoms with E-state index in [0.29, 0.717) is 0 Å². The van der Waals surface area contributed by atoms with Gasteiger partial charge < -0.3 is 11.5 Å². The summed E-state index contributed by atoms with van der Waals surface area (Å²) in [6.07, 6.45) is 0. The van der Waals surface area contributed by atoms with Gasteiger partial charge >= 0.3 is 0 Å². The van der Waals surface area contributed by atoms with Crippen LogP contribution in [0.4, 0.5) is 11.4 Å². The number of rotatable bonds is 2. The van der Waals surface area contributed by atoms with Gasteiger partial charge in [-0.05, 0) is 46.8 Å². The van der Waals surface area contributed by atoms with Crippen molar-refractivity contribution in [2.24, 2.45) is 0 Å². The van der Waals surface area contributed by atoms with Crippen molar-refractivity contribution in [2.75, 3.05) is 11.5 Å². The van der Waals surface area contributed by atoms with Gasteiger partial charge in [-0.25, -0.2) is 0 Å². The van der Waals surface area contributed by atoms with Crippen LogP contribution in [-0.4, -0.2) is 13.9 Å². The van der Waals surface area contributed by atoms with Crippen molar-refractivity contribution in [3.05, 3.63) is 47.5 Å². The average molecular weight is 296 g/mol. The quantitative estimate of drug-likeness (QED) is 0.658. The van der Waals surface area contributed by atoms with Crippen molar-refractivity contribution in [3.8, 4) is 0 Å². The molecule has 3 rings (SSSR count). The number of nitrogens with two attached hydrogens (primary N) is 2. The number of carbonyl (C=O) groups excluding carboxylic acids is 1. The minimum absolute atomic E-state index is 0.102. The second-order valence-electron chi connectivity index (χ2n) is 5.73. The van der Waals surface area contributed by atoms with Gasteiger partial charge in [0.25, 0.3) is 0 Å². The minimum Gasteiger partial charge on any atom is -0.399 e. The van der Waals surface area contributed by atoms with E-state index in [9.17, 15) is 4.79 Å². The van der Waals surface area contributed by atoms with Gasteiger partial charge in [0.1, 0.15) is 8.07 Å². The van der Waals surface area contributed by atoms with Crippen LogP contribution in [0.2, 0.25) is 12.1 Å². The Morgan fingerprint density at radius 1 is 0.857 bits per heavy atom. The summed E-state index contributed by atoms with van der Waals surface area (Å²) < 4.78 is 0. The van der Waals surface area contributed by atoms with E-state index in [-0.39, 0.29) is 5.78 Å². The fraction of sp³-hybridized carbons (Fsp3) is 0.235. The van der Waals surface area contributed by atoms with E-state index in [1.807, 2.05) is 36.4 Å². The van der Waals surface area contributed by atoms with Crippen LogP contribution in [-0.2, 0) is 0 Å². The van der Waals surface area contributed by atoms with Crippen LogP contribution in [0.15, 0.2) is 36.4 Å². The predicted octanol–water partition coefficient (Wildman–Crippen LogP) is 2.00. The van der Waals surface area contributed by atoms with E-state index in [2.05, 4.69) is 13.8 Å². The second-order valence-corrected chi connectivity index (χ2v) is 10.4. The van der Waals surface area contributed by atoms with Crippen molar-refractivity contribution < 1.29 is 4.79 Å². The largest absolute Gasteiger partial charge is 0.399 e. The number of fused-ring (bicyclic) bond motifs is 2. The Labute approximate surface area is 126 Å². The molecule has 0 aliphatic carbocycles. The van der Waals surface area contributed by atoms with E-state index in [0.717, 1.165) is 34.6 Å². The van der Waals surface area contributed by atoms with Crippen molar-refractivity contribution >= 4 is 35.6 Å². The molecule has 0 saturated heterocycles. The molecule has 0 amide bonds. The molecule has 3 nitrogen and oxygen atoms in total. The average Bonchev–Trinajstić information content (AvgIpc) is 2.48. The van der Waals surface area contributed by atoms with Gasteiger partial charge in [-0.2, -0.15) is 0 Å². The first-order chi connectivity index (χ1) is 10.0. The Bertz CT molecular complexity index is 678. The maximum absolute atomic E-state index is 12.8. The van der Waals surface area contributed by atoms with Gasteiger partial charge in [0, 0.05) is 22.5 Å². The molecule has 1 heterocycles. The minimum atomic E-state index is -1.96. The Hall–Kier alpha value is -2.07. The number of nitrogen functional groups attached to an aromatic ring is 2. The molecule has 1 aliphatic rings. The fourth-order valence-corrected chi connectivity index (χ4v) is 8.24. The van der Waals surface area contributed by atoms with Crippen LogP contribution >= 0.6 is 0 Å². The first-order valence-corrected chi connectivity index (χ1v) is 9.79. The van der Waals surface area contributed by atoms with Gasteiger partial charge in [0.15, 0.2) is 5.78 Å². The normalized spacial score (nSPS) is 15.4. The first kappa shape index (κ1) is 13.9. The highest BCUT2D eigenvalue weighted by atomic mass is 28.3. The number of anilines is 2. The molecule has 4 heteroatoms. The molecule has 21 heavy (non-hydrogen) atoms. The summed E-state index contributed by atoms with van der Waals surface area (Å²) in [4.78, 5) is 12.8. The molecule has 0 atom stereocenters. The van der Waals surface area contributed by atoms with Gasteiger partial charge in [-0.3, -0.25) is 4.79 Å². The highest BCUT2D eigenvalue weighted by Gasteiger charge is 2.43. The zero-order chi connectivity index (χ0) is 15.2. The van der Waals surface area contributed by atoms with Crippen molar-refractivity contribution in [1.82, 2.24) is 0 Å². The molecule has 1 aliphatic heterocycles. The third-order valence-corrected chi connectivity index (χ3v) is 10.1. The maximum atomic E-state index is 12.8. The topological polar surface area (TPSA) is 69.1 Å². The zero-order valence-corrected chi connectivity index (χ0v) is 13.4. The lowest BCUT2D eigenvalue weighted by atomic mass is 10.0. The van der Waals surface area contributed by atoms with Crippen molar-refractivity contribution in [2.45, 2.75) is 25.9 Å². The van der Waals surface area contributed by atoms with Crippen LogP contribution in [0.5, 0.6) is 0 Å². The monoisotopic (exact) mass is 296 g/mol. The standard InChI is InChI=1S/C17H20N2OSi/c1-3-21(4-2)15-9-11(18)5-7-13(15)17(20)14-8-6-12(19)10-16(14)21/h5-10H,3-4,18-19H2,1-2H3. The van der Waals surface area contributed by atoms with Gasteiger partial charge in [-0.15, -0.1) is 0 Å². The molecular formula is C17H20N2OSi. The number of hydrogen-bond acceptors (Lipinski definition) is 3. The van der Waals surface area contributed by atoms with Gasteiger partial charge in [0.05, 0.1) is 0 Å². The molecule has 108 valence electrons. The Kier molecular flexibility index (Phi) is 3.13.